The monoisotopic (exact) mass is 261 g/mol. The van der Waals surface area contributed by atoms with Gasteiger partial charge in [0.15, 0.2) is 0 Å². The summed E-state index contributed by atoms with van der Waals surface area (Å²) in [5.74, 6) is 1.83. The number of likely N-dealkylation sites (N-methyl/N-ethyl adjacent to an activating group) is 1. The highest BCUT2D eigenvalue weighted by atomic mass is 16.5. The SMILES string of the molecule is CNC1CCC(C)CC1Oc1cc(C)cc(C)c1C. The molecular formula is C17H27NO. The third-order valence-electron chi connectivity index (χ3n) is 4.47. The van der Waals surface area contributed by atoms with Gasteiger partial charge in [0.05, 0.1) is 0 Å². The Morgan fingerprint density at radius 1 is 1.16 bits per heavy atom. The van der Waals surface area contributed by atoms with E-state index in [4.69, 9.17) is 4.74 Å². The van der Waals surface area contributed by atoms with Gasteiger partial charge < -0.3 is 10.1 Å². The van der Waals surface area contributed by atoms with E-state index < -0.39 is 0 Å². The minimum Gasteiger partial charge on any atom is -0.489 e. The highest BCUT2D eigenvalue weighted by molar-refractivity contribution is 5.42. The van der Waals surface area contributed by atoms with Crippen LogP contribution in [0, 0.1) is 26.7 Å². The average Bonchev–Trinajstić information content (AvgIpc) is 2.35. The van der Waals surface area contributed by atoms with Crippen molar-refractivity contribution in [3.8, 4) is 5.75 Å². The van der Waals surface area contributed by atoms with Crippen LogP contribution < -0.4 is 10.1 Å². The molecule has 1 aromatic rings. The molecule has 3 atom stereocenters. The summed E-state index contributed by atoms with van der Waals surface area (Å²) in [6.45, 7) is 8.79. The molecule has 1 aliphatic carbocycles. The van der Waals surface area contributed by atoms with Gasteiger partial charge in [-0.25, -0.2) is 0 Å². The lowest BCUT2D eigenvalue weighted by Gasteiger charge is -2.35. The molecule has 19 heavy (non-hydrogen) atoms. The molecule has 1 fully saturated rings. The zero-order valence-electron chi connectivity index (χ0n) is 12.9. The van der Waals surface area contributed by atoms with E-state index in [9.17, 15) is 0 Å². The number of aryl methyl sites for hydroxylation is 2. The Morgan fingerprint density at radius 3 is 2.58 bits per heavy atom. The van der Waals surface area contributed by atoms with Crippen molar-refractivity contribution in [2.45, 2.75) is 59.1 Å². The molecule has 2 nitrogen and oxygen atoms in total. The number of hydrogen-bond donors (Lipinski definition) is 1. The number of benzene rings is 1. The van der Waals surface area contributed by atoms with Crippen molar-refractivity contribution < 1.29 is 4.74 Å². The molecule has 0 aliphatic heterocycles. The van der Waals surface area contributed by atoms with Crippen LogP contribution in [0.25, 0.3) is 0 Å². The van der Waals surface area contributed by atoms with E-state index in [0.29, 0.717) is 12.1 Å². The quantitative estimate of drug-likeness (QED) is 0.894. The minimum absolute atomic E-state index is 0.300. The lowest BCUT2D eigenvalue weighted by Crippen LogP contribution is -2.45. The summed E-state index contributed by atoms with van der Waals surface area (Å²) in [7, 11) is 2.05. The molecule has 0 radical (unpaired) electrons. The molecule has 1 saturated carbocycles. The van der Waals surface area contributed by atoms with Gasteiger partial charge in [-0.05, 0) is 75.8 Å². The van der Waals surface area contributed by atoms with E-state index >= 15 is 0 Å². The zero-order chi connectivity index (χ0) is 14.0. The van der Waals surface area contributed by atoms with E-state index in [-0.39, 0.29) is 0 Å². The van der Waals surface area contributed by atoms with Gasteiger partial charge in [0, 0.05) is 6.04 Å². The molecule has 0 aromatic heterocycles. The first kappa shape index (κ1) is 14.4. The third-order valence-corrected chi connectivity index (χ3v) is 4.47. The lowest BCUT2D eigenvalue weighted by atomic mass is 9.85. The molecule has 2 rings (SSSR count). The van der Waals surface area contributed by atoms with Crippen LogP contribution in [0.3, 0.4) is 0 Å². The maximum atomic E-state index is 6.36. The second-order valence-corrected chi connectivity index (χ2v) is 6.17. The Balaban J connectivity index is 2.19. The molecule has 0 heterocycles. The summed E-state index contributed by atoms with van der Waals surface area (Å²) in [5.41, 5.74) is 3.88. The largest absolute Gasteiger partial charge is 0.489 e. The molecule has 3 unspecified atom stereocenters. The summed E-state index contributed by atoms with van der Waals surface area (Å²) < 4.78 is 6.36. The summed E-state index contributed by atoms with van der Waals surface area (Å²) >= 11 is 0. The van der Waals surface area contributed by atoms with Crippen molar-refractivity contribution in [1.82, 2.24) is 5.32 Å². The Labute approximate surface area is 117 Å². The number of ether oxygens (including phenoxy) is 1. The molecule has 1 N–H and O–H groups in total. The van der Waals surface area contributed by atoms with Crippen molar-refractivity contribution in [2.75, 3.05) is 7.05 Å². The van der Waals surface area contributed by atoms with Crippen molar-refractivity contribution in [1.29, 1.82) is 0 Å². The van der Waals surface area contributed by atoms with Crippen LogP contribution in [0.15, 0.2) is 12.1 Å². The van der Waals surface area contributed by atoms with E-state index in [2.05, 4.69) is 45.1 Å². The number of rotatable bonds is 3. The number of hydrogen-bond acceptors (Lipinski definition) is 2. The van der Waals surface area contributed by atoms with Crippen LogP contribution in [0.1, 0.15) is 42.9 Å². The van der Waals surface area contributed by atoms with Crippen molar-refractivity contribution in [3.05, 3.63) is 28.8 Å². The normalized spacial score (nSPS) is 27.3. The Hall–Kier alpha value is -1.02. The van der Waals surface area contributed by atoms with Crippen LogP contribution in [0.5, 0.6) is 5.75 Å². The zero-order valence-corrected chi connectivity index (χ0v) is 12.9. The Kier molecular flexibility index (Phi) is 4.51. The summed E-state index contributed by atoms with van der Waals surface area (Å²) in [4.78, 5) is 0. The van der Waals surface area contributed by atoms with Crippen LogP contribution >= 0.6 is 0 Å². The van der Waals surface area contributed by atoms with Gasteiger partial charge in [0.25, 0.3) is 0 Å². The Morgan fingerprint density at radius 2 is 1.89 bits per heavy atom. The van der Waals surface area contributed by atoms with Gasteiger partial charge in [-0.15, -0.1) is 0 Å². The van der Waals surface area contributed by atoms with Crippen LogP contribution in [-0.2, 0) is 0 Å². The topological polar surface area (TPSA) is 21.3 Å². The summed E-state index contributed by atoms with van der Waals surface area (Å²) in [5, 5.41) is 3.42. The van der Waals surface area contributed by atoms with Crippen LogP contribution in [-0.4, -0.2) is 19.2 Å². The van der Waals surface area contributed by atoms with E-state index in [0.717, 1.165) is 18.1 Å². The average molecular weight is 261 g/mol. The molecule has 0 bridgehead atoms. The molecule has 0 amide bonds. The fourth-order valence-electron chi connectivity index (χ4n) is 3.08. The van der Waals surface area contributed by atoms with Crippen molar-refractivity contribution in [2.24, 2.45) is 5.92 Å². The predicted octanol–water partition coefficient (Wildman–Crippen LogP) is 3.77. The maximum absolute atomic E-state index is 6.36. The molecule has 0 spiro atoms. The first-order valence-electron chi connectivity index (χ1n) is 7.43. The van der Waals surface area contributed by atoms with Gasteiger partial charge in [0.1, 0.15) is 11.9 Å². The lowest BCUT2D eigenvalue weighted by molar-refractivity contribution is 0.0936. The highest BCUT2D eigenvalue weighted by Crippen LogP contribution is 2.30. The molecule has 106 valence electrons. The minimum atomic E-state index is 0.300. The van der Waals surface area contributed by atoms with Gasteiger partial charge in [-0.2, -0.15) is 0 Å². The van der Waals surface area contributed by atoms with Crippen molar-refractivity contribution in [3.63, 3.8) is 0 Å². The van der Waals surface area contributed by atoms with Crippen molar-refractivity contribution >= 4 is 0 Å². The first-order chi connectivity index (χ1) is 9.01. The predicted molar refractivity (Wildman–Crippen MR) is 80.9 cm³/mol. The maximum Gasteiger partial charge on any atom is 0.123 e. The molecule has 1 aromatic carbocycles. The van der Waals surface area contributed by atoms with Gasteiger partial charge >= 0.3 is 0 Å². The fraction of sp³-hybridized carbons (Fsp3) is 0.647. The third kappa shape index (κ3) is 3.30. The molecule has 0 saturated heterocycles. The summed E-state index contributed by atoms with van der Waals surface area (Å²) in [6.07, 6.45) is 3.97. The smallest absolute Gasteiger partial charge is 0.123 e. The second-order valence-electron chi connectivity index (χ2n) is 6.17. The van der Waals surface area contributed by atoms with E-state index in [1.807, 2.05) is 7.05 Å². The second kappa shape index (κ2) is 5.96. The highest BCUT2D eigenvalue weighted by Gasteiger charge is 2.29. The van der Waals surface area contributed by atoms with Gasteiger partial charge in [0.2, 0.25) is 0 Å². The van der Waals surface area contributed by atoms with E-state index in [1.54, 1.807) is 0 Å². The fourth-order valence-corrected chi connectivity index (χ4v) is 3.08. The van der Waals surface area contributed by atoms with Crippen LogP contribution in [0.4, 0.5) is 0 Å². The molecule has 2 heteroatoms. The van der Waals surface area contributed by atoms with E-state index in [1.165, 1.54) is 29.5 Å². The molecule has 1 aliphatic rings. The summed E-state index contributed by atoms with van der Waals surface area (Å²) in [6, 6.07) is 4.88. The standard InChI is InChI=1S/C17H27NO/c1-11-6-7-15(18-5)17(9-11)19-16-10-12(2)8-13(3)14(16)4/h8,10-11,15,17-18H,6-7,9H2,1-5H3. The number of nitrogens with one attached hydrogen (secondary N) is 1. The Bertz CT molecular complexity index is 441. The van der Waals surface area contributed by atoms with Gasteiger partial charge in [-0.3, -0.25) is 0 Å². The van der Waals surface area contributed by atoms with Crippen LogP contribution in [0.2, 0.25) is 0 Å². The first-order valence-corrected chi connectivity index (χ1v) is 7.43. The van der Waals surface area contributed by atoms with Gasteiger partial charge in [-0.1, -0.05) is 13.0 Å². The molecular weight excluding hydrogens is 234 g/mol.